The third-order valence-electron chi connectivity index (χ3n) is 0.988. The van der Waals surface area contributed by atoms with Crippen LogP contribution in [-0.4, -0.2) is 0 Å². The summed E-state index contributed by atoms with van der Waals surface area (Å²) in [4.78, 5) is 13.6. The van der Waals surface area contributed by atoms with E-state index in [4.69, 9.17) is 5.73 Å². The predicted octanol–water partition coefficient (Wildman–Crippen LogP) is 1.18. The second kappa shape index (κ2) is 2.82. The molecular weight excluding hydrogens is 134 g/mol. The van der Waals surface area contributed by atoms with Crippen molar-refractivity contribution in [1.82, 2.24) is 0 Å². The molecule has 0 aliphatic rings. The molecular formula is C6H6NO3+. The van der Waals surface area contributed by atoms with E-state index in [1.165, 1.54) is 6.07 Å². The summed E-state index contributed by atoms with van der Waals surface area (Å²) >= 11 is 0. The van der Waals surface area contributed by atoms with Crippen LogP contribution in [0.2, 0.25) is 0 Å². The SMILES string of the molecule is Nc1cccc(O[O+]=O)c1. The van der Waals surface area contributed by atoms with Crippen LogP contribution in [0.3, 0.4) is 0 Å². The van der Waals surface area contributed by atoms with E-state index in [1.807, 2.05) is 0 Å². The van der Waals surface area contributed by atoms with Gasteiger partial charge in [-0.25, -0.2) is 0 Å². The van der Waals surface area contributed by atoms with E-state index in [9.17, 15) is 4.96 Å². The highest BCUT2D eigenvalue weighted by atomic mass is 17.3. The zero-order chi connectivity index (χ0) is 7.40. The lowest BCUT2D eigenvalue weighted by Gasteiger charge is -1.87. The fourth-order valence-electron chi connectivity index (χ4n) is 0.606. The summed E-state index contributed by atoms with van der Waals surface area (Å²) in [5, 5.41) is 0. The average Bonchev–Trinajstić information content (AvgIpc) is 1.88. The molecule has 0 aliphatic heterocycles. The summed E-state index contributed by atoms with van der Waals surface area (Å²) in [7, 11) is 0. The first-order valence-electron chi connectivity index (χ1n) is 2.65. The second-order valence-corrected chi connectivity index (χ2v) is 1.72. The first-order valence-corrected chi connectivity index (χ1v) is 2.65. The smallest absolute Gasteiger partial charge is 0.383 e. The number of nitrogens with two attached hydrogens (primary N) is 1. The van der Waals surface area contributed by atoms with Gasteiger partial charge in [-0.05, 0) is 17.0 Å². The third-order valence-corrected chi connectivity index (χ3v) is 0.988. The molecule has 1 rings (SSSR count). The van der Waals surface area contributed by atoms with E-state index in [-0.39, 0.29) is 0 Å². The van der Waals surface area contributed by atoms with Gasteiger partial charge in [0.25, 0.3) is 4.96 Å². The molecule has 0 radical (unpaired) electrons. The molecule has 0 spiro atoms. The zero-order valence-electron chi connectivity index (χ0n) is 5.11. The topological polar surface area (TPSA) is 63.6 Å². The average molecular weight is 140 g/mol. The van der Waals surface area contributed by atoms with Crippen LogP contribution in [0.5, 0.6) is 5.75 Å². The first-order chi connectivity index (χ1) is 4.83. The first kappa shape index (κ1) is 6.54. The van der Waals surface area contributed by atoms with E-state index in [0.717, 1.165) is 0 Å². The summed E-state index contributed by atoms with van der Waals surface area (Å²) in [5.74, 6) is 0.301. The maximum Gasteiger partial charge on any atom is 0.383 e. The molecule has 0 saturated heterocycles. The summed E-state index contributed by atoms with van der Waals surface area (Å²) in [6.45, 7) is 0. The summed E-state index contributed by atoms with van der Waals surface area (Å²) in [5.41, 5.74) is 5.87. The van der Waals surface area contributed by atoms with Crippen LogP contribution in [-0.2, 0) is 0 Å². The van der Waals surface area contributed by atoms with E-state index in [0.29, 0.717) is 11.4 Å². The minimum atomic E-state index is 0.301. The van der Waals surface area contributed by atoms with Crippen LogP contribution < -0.4 is 10.6 Å². The molecule has 2 N–H and O–H groups in total. The number of nitrogen functional groups attached to an aromatic ring is 1. The van der Waals surface area contributed by atoms with Crippen molar-refractivity contribution in [2.45, 2.75) is 0 Å². The number of anilines is 1. The lowest BCUT2D eigenvalue weighted by atomic mass is 10.3. The molecule has 0 aromatic heterocycles. The molecule has 0 aliphatic carbocycles. The van der Waals surface area contributed by atoms with E-state index in [1.54, 1.807) is 18.2 Å². The van der Waals surface area contributed by atoms with Crippen molar-refractivity contribution in [2.75, 3.05) is 5.73 Å². The lowest BCUT2D eigenvalue weighted by molar-refractivity contribution is 0.468. The summed E-state index contributed by atoms with van der Waals surface area (Å²) in [6, 6.07) is 6.38. The van der Waals surface area contributed by atoms with Crippen LogP contribution in [0.25, 0.3) is 0 Å². The monoisotopic (exact) mass is 140 g/mol. The van der Waals surface area contributed by atoms with Crippen LogP contribution in [0.4, 0.5) is 5.69 Å². The van der Waals surface area contributed by atoms with Crippen molar-refractivity contribution < 1.29 is 4.89 Å². The highest BCUT2D eigenvalue weighted by molar-refractivity contribution is 5.43. The molecule has 4 nitrogen and oxygen atoms in total. The highest BCUT2D eigenvalue weighted by Gasteiger charge is 2.00. The molecule has 0 fully saturated rings. The Morgan fingerprint density at radius 3 is 2.90 bits per heavy atom. The van der Waals surface area contributed by atoms with Crippen molar-refractivity contribution in [2.24, 2.45) is 0 Å². The van der Waals surface area contributed by atoms with Crippen LogP contribution >= 0.6 is 0 Å². The largest absolute Gasteiger partial charge is 0.399 e. The molecule has 0 unspecified atom stereocenters. The fourth-order valence-corrected chi connectivity index (χ4v) is 0.606. The van der Waals surface area contributed by atoms with Gasteiger partial charge in [-0.1, -0.05) is 6.07 Å². The van der Waals surface area contributed by atoms with Gasteiger partial charge in [-0.3, -0.25) is 0 Å². The molecule has 0 bridgehead atoms. The molecule has 10 heavy (non-hydrogen) atoms. The van der Waals surface area contributed by atoms with Gasteiger partial charge in [0.05, 0.1) is 0 Å². The van der Waals surface area contributed by atoms with Crippen molar-refractivity contribution in [3.63, 3.8) is 0 Å². The quantitative estimate of drug-likeness (QED) is 0.290. The molecule has 0 amide bonds. The van der Waals surface area contributed by atoms with Crippen molar-refractivity contribution in [3.8, 4) is 5.75 Å². The minimum Gasteiger partial charge on any atom is -0.399 e. The van der Waals surface area contributed by atoms with Gasteiger partial charge in [-0.2, -0.15) is 0 Å². The fraction of sp³-hybridized carbons (Fsp3) is 0. The molecule has 0 saturated carbocycles. The summed E-state index contributed by atoms with van der Waals surface area (Å²) in [6.07, 6.45) is 0. The third kappa shape index (κ3) is 1.45. The van der Waals surface area contributed by atoms with Crippen LogP contribution in [0, 0.1) is 9.71 Å². The van der Waals surface area contributed by atoms with E-state index >= 15 is 0 Å². The van der Waals surface area contributed by atoms with Gasteiger partial charge in [0, 0.05) is 11.8 Å². The van der Waals surface area contributed by atoms with E-state index in [2.05, 4.69) is 9.63 Å². The van der Waals surface area contributed by atoms with Crippen molar-refractivity contribution in [3.05, 3.63) is 34.0 Å². The number of rotatable bonds is 2. The molecule has 0 atom stereocenters. The van der Waals surface area contributed by atoms with Gasteiger partial charge in [0.1, 0.15) is 0 Å². The highest BCUT2D eigenvalue weighted by Crippen LogP contribution is 2.13. The maximum absolute atomic E-state index is 9.45. The van der Waals surface area contributed by atoms with Crippen LogP contribution in [0.1, 0.15) is 0 Å². The Morgan fingerprint density at radius 2 is 2.30 bits per heavy atom. The molecule has 0 heterocycles. The normalized spacial score (nSPS) is 8.80. The summed E-state index contributed by atoms with van der Waals surface area (Å²) < 4.78 is 3.18. The Labute approximate surface area is 57.1 Å². The van der Waals surface area contributed by atoms with Gasteiger partial charge in [0.15, 0.2) is 0 Å². The lowest BCUT2D eigenvalue weighted by Crippen LogP contribution is -1.86. The Morgan fingerprint density at radius 1 is 1.50 bits per heavy atom. The Balaban J connectivity index is 2.84. The molecule has 4 heteroatoms. The van der Waals surface area contributed by atoms with Gasteiger partial charge < -0.3 is 5.73 Å². The van der Waals surface area contributed by atoms with Gasteiger partial charge in [-0.15, -0.1) is 0 Å². The standard InChI is InChI=1S/C6H6NO3/c7-5-2-1-3-6(4-5)9-10-8/h1-4H,7H2/q+1. The van der Waals surface area contributed by atoms with E-state index < -0.39 is 0 Å². The molecule has 1 aromatic carbocycles. The van der Waals surface area contributed by atoms with Crippen LogP contribution in [0.15, 0.2) is 24.3 Å². The second-order valence-electron chi connectivity index (χ2n) is 1.72. The molecule has 1 aromatic rings. The number of benzene rings is 1. The predicted molar refractivity (Wildman–Crippen MR) is 38.2 cm³/mol. The number of hydrogen-bond donors (Lipinski definition) is 1. The Hall–Kier alpha value is -1.58. The minimum absolute atomic E-state index is 0.301. The number of hydrogen-bond acceptors (Lipinski definition) is 3. The van der Waals surface area contributed by atoms with Gasteiger partial charge in [0.2, 0.25) is 5.75 Å². The molecule has 52 valence electrons. The van der Waals surface area contributed by atoms with Crippen molar-refractivity contribution >= 4 is 5.69 Å². The Kier molecular flexibility index (Phi) is 1.84. The zero-order valence-corrected chi connectivity index (χ0v) is 5.11. The van der Waals surface area contributed by atoms with Crippen molar-refractivity contribution in [1.29, 1.82) is 0 Å². The van der Waals surface area contributed by atoms with Gasteiger partial charge >= 0.3 is 4.75 Å². The maximum atomic E-state index is 9.45. The Bertz CT molecular complexity index is 236.